The van der Waals surface area contributed by atoms with Crippen LogP contribution in [0.4, 0.5) is 0 Å². The third-order valence-electron chi connectivity index (χ3n) is 4.13. The number of rotatable bonds is 0. The maximum Gasteiger partial charge on any atom is 0.202 e. The summed E-state index contributed by atoms with van der Waals surface area (Å²) in [5, 5.41) is 10.6. The molecular weight excluding hydrogens is 244 g/mol. The van der Waals surface area contributed by atoms with Crippen LogP contribution < -0.4 is 0 Å². The highest BCUT2D eigenvalue weighted by molar-refractivity contribution is 6.21. The van der Waals surface area contributed by atoms with Crippen LogP contribution in [0, 0.1) is 5.41 Å². The summed E-state index contributed by atoms with van der Waals surface area (Å²) in [7, 11) is 0. The van der Waals surface area contributed by atoms with Crippen molar-refractivity contribution in [1.82, 2.24) is 0 Å². The molecule has 0 aromatic carbocycles. The van der Waals surface area contributed by atoms with E-state index in [0.29, 0.717) is 24.0 Å². The van der Waals surface area contributed by atoms with Crippen molar-refractivity contribution in [3.8, 4) is 0 Å². The molecule has 4 nitrogen and oxygen atoms in total. The number of aliphatic hydroxyl groups is 1. The van der Waals surface area contributed by atoms with Crippen molar-refractivity contribution in [3.05, 3.63) is 34.8 Å². The molecular formula is C15H16O4. The summed E-state index contributed by atoms with van der Waals surface area (Å²) in [6, 6.07) is 0. The first kappa shape index (κ1) is 12.4. The van der Waals surface area contributed by atoms with Crippen LogP contribution in [0.25, 0.3) is 0 Å². The summed E-state index contributed by atoms with van der Waals surface area (Å²) in [5.74, 6) is -0.636. The van der Waals surface area contributed by atoms with Crippen LogP contribution in [0.1, 0.15) is 54.3 Å². The molecule has 0 amide bonds. The third kappa shape index (κ3) is 1.56. The van der Waals surface area contributed by atoms with Crippen LogP contribution in [-0.2, 0) is 0 Å². The Labute approximate surface area is 111 Å². The highest BCUT2D eigenvalue weighted by Gasteiger charge is 2.49. The fourth-order valence-corrected chi connectivity index (χ4v) is 3.13. The Kier molecular flexibility index (Phi) is 2.24. The van der Waals surface area contributed by atoms with E-state index in [1.807, 2.05) is 13.8 Å². The SMILES string of the molecule is CC1(C)CC2=C(C1)[C@](C)(O)C(=O)c1cocc1C2=O. The monoisotopic (exact) mass is 260 g/mol. The lowest BCUT2D eigenvalue weighted by atomic mass is 9.82. The van der Waals surface area contributed by atoms with E-state index in [2.05, 4.69) is 0 Å². The molecule has 4 heteroatoms. The maximum absolute atomic E-state index is 12.5. The van der Waals surface area contributed by atoms with Gasteiger partial charge in [0.1, 0.15) is 18.1 Å². The number of carbonyl (C=O) groups excluding carboxylic acids is 2. The van der Waals surface area contributed by atoms with Gasteiger partial charge in [0.15, 0.2) is 5.78 Å². The minimum atomic E-state index is -1.62. The van der Waals surface area contributed by atoms with Gasteiger partial charge in [-0.15, -0.1) is 0 Å². The topological polar surface area (TPSA) is 67.5 Å². The van der Waals surface area contributed by atoms with E-state index in [1.54, 1.807) is 0 Å². The molecule has 1 N–H and O–H groups in total. The Morgan fingerprint density at radius 2 is 1.74 bits per heavy atom. The molecule has 100 valence electrons. The number of fused-ring (bicyclic) bond motifs is 1. The second-order valence-corrected chi connectivity index (χ2v) is 6.40. The van der Waals surface area contributed by atoms with Gasteiger partial charge < -0.3 is 9.52 Å². The standard InChI is InChI=1S/C15H16O4/c1-14(2)4-8-11(5-14)15(3,18)13(17)10-7-19-6-9(10)12(8)16/h6-7,18H,4-5H2,1-3H3/t15-/m0/s1. The minimum Gasteiger partial charge on any atom is -0.471 e. The molecule has 3 rings (SSSR count). The zero-order valence-electron chi connectivity index (χ0n) is 11.2. The smallest absolute Gasteiger partial charge is 0.202 e. The second-order valence-electron chi connectivity index (χ2n) is 6.40. The van der Waals surface area contributed by atoms with Crippen LogP contribution in [0.5, 0.6) is 0 Å². The van der Waals surface area contributed by atoms with Gasteiger partial charge in [0.25, 0.3) is 0 Å². The molecule has 0 spiro atoms. The first-order valence-electron chi connectivity index (χ1n) is 6.34. The lowest BCUT2D eigenvalue weighted by Crippen LogP contribution is -2.37. The number of ketones is 2. The summed E-state index contributed by atoms with van der Waals surface area (Å²) >= 11 is 0. The highest BCUT2D eigenvalue weighted by atomic mass is 16.3. The summed E-state index contributed by atoms with van der Waals surface area (Å²) in [4.78, 5) is 24.9. The van der Waals surface area contributed by atoms with E-state index in [4.69, 9.17) is 4.42 Å². The second kappa shape index (κ2) is 3.45. The number of Topliss-reactive ketones (excluding diaryl/α,β-unsaturated/α-hetero) is 2. The van der Waals surface area contributed by atoms with Gasteiger partial charge in [-0.2, -0.15) is 0 Å². The van der Waals surface area contributed by atoms with Crippen LogP contribution >= 0.6 is 0 Å². The predicted molar refractivity (Wildman–Crippen MR) is 68.0 cm³/mol. The molecule has 0 unspecified atom stereocenters. The van der Waals surface area contributed by atoms with Crippen molar-refractivity contribution >= 4 is 11.6 Å². The Hall–Kier alpha value is -1.68. The van der Waals surface area contributed by atoms with Crippen LogP contribution in [0.3, 0.4) is 0 Å². The Morgan fingerprint density at radius 3 is 2.42 bits per heavy atom. The fourth-order valence-electron chi connectivity index (χ4n) is 3.13. The average Bonchev–Trinajstić information content (AvgIpc) is 2.89. The lowest BCUT2D eigenvalue weighted by Gasteiger charge is -2.25. The van der Waals surface area contributed by atoms with Gasteiger partial charge in [0.05, 0.1) is 11.1 Å². The minimum absolute atomic E-state index is 0.105. The summed E-state index contributed by atoms with van der Waals surface area (Å²) in [6.07, 6.45) is 3.69. The quantitative estimate of drug-likeness (QED) is 0.778. The predicted octanol–water partition coefficient (Wildman–Crippen LogP) is 2.53. The Morgan fingerprint density at radius 1 is 1.11 bits per heavy atom. The van der Waals surface area contributed by atoms with Crippen molar-refractivity contribution in [2.75, 3.05) is 0 Å². The van der Waals surface area contributed by atoms with Crippen LogP contribution in [0.15, 0.2) is 28.1 Å². The van der Waals surface area contributed by atoms with Crippen molar-refractivity contribution in [2.24, 2.45) is 5.41 Å². The largest absolute Gasteiger partial charge is 0.471 e. The molecule has 2 aliphatic rings. The molecule has 1 aromatic heterocycles. The molecule has 0 bridgehead atoms. The number of furan rings is 1. The Bertz CT molecular complexity index is 628. The van der Waals surface area contributed by atoms with Crippen LogP contribution in [0.2, 0.25) is 0 Å². The van der Waals surface area contributed by atoms with Crippen molar-refractivity contribution in [1.29, 1.82) is 0 Å². The summed E-state index contributed by atoms with van der Waals surface area (Å²) < 4.78 is 4.98. The number of hydrogen-bond donors (Lipinski definition) is 1. The molecule has 0 saturated carbocycles. The molecule has 2 aliphatic carbocycles. The van der Waals surface area contributed by atoms with Gasteiger partial charge in [0, 0.05) is 5.57 Å². The maximum atomic E-state index is 12.5. The average molecular weight is 260 g/mol. The molecule has 0 radical (unpaired) electrons. The molecule has 0 saturated heterocycles. The number of carbonyl (C=O) groups is 2. The zero-order chi connectivity index (χ0) is 14.0. The van der Waals surface area contributed by atoms with E-state index >= 15 is 0 Å². The first-order valence-corrected chi connectivity index (χ1v) is 6.34. The fraction of sp³-hybridized carbons (Fsp3) is 0.467. The normalized spacial score (nSPS) is 29.3. The van der Waals surface area contributed by atoms with Gasteiger partial charge in [0.2, 0.25) is 5.78 Å². The van der Waals surface area contributed by atoms with Gasteiger partial charge in [-0.3, -0.25) is 9.59 Å². The van der Waals surface area contributed by atoms with E-state index in [0.717, 1.165) is 0 Å². The third-order valence-corrected chi connectivity index (χ3v) is 4.13. The molecule has 0 aliphatic heterocycles. The van der Waals surface area contributed by atoms with Crippen LogP contribution in [-0.4, -0.2) is 22.3 Å². The van der Waals surface area contributed by atoms with Gasteiger partial charge >= 0.3 is 0 Å². The van der Waals surface area contributed by atoms with Crippen molar-refractivity contribution < 1.29 is 19.1 Å². The number of hydrogen-bond acceptors (Lipinski definition) is 4. The van der Waals surface area contributed by atoms with Gasteiger partial charge in [-0.05, 0) is 30.8 Å². The molecule has 19 heavy (non-hydrogen) atoms. The van der Waals surface area contributed by atoms with E-state index in [9.17, 15) is 14.7 Å². The van der Waals surface area contributed by atoms with Crippen molar-refractivity contribution in [3.63, 3.8) is 0 Å². The van der Waals surface area contributed by atoms with Crippen molar-refractivity contribution in [2.45, 2.75) is 39.2 Å². The van der Waals surface area contributed by atoms with Gasteiger partial charge in [-0.1, -0.05) is 13.8 Å². The zero-order valence-corrected chi connectivity index (χ0v) is 11.2. The summed E-state index contributed by atoms with van der Waals surface area (Å²) in [5.41, 5.74) is -0.123. The summed E-state index contributed by atoms with van der Waals surface area (Å²) in [6.45, 7) is 5.54. The molecule has 1 aromatic rings. The Balaban J connectivity index is 2.26. The molecule has 0 fully saturated rings. The number of allylic oxidation sites excluding steroid dienone is 1. The lowest BCUT2D eigenvalue weighted by molar-refractivity contribution is 0.0535. The molecule has 1 heterocycles. The van der Waals surface area contributed by atoms with E-state index < -0.39 is 11.4 Å². The molecule has 1 atom stereocenters. The van der Waals surface area contributed by atoms with Gasteiger partial charge in [-0.25, -0.2) is 0 Å². The first-order chi connectivity index (χ1) is 8.74. The van der Waals surface area contributed by atoms with E-state index in [-0.39, 0.29) is 22.3 Å². The van der Waals surface area contributed by atoms with E-state index in [1.165, 1.54) is 19.5 Å². The highest BCUT2D eigenvalue weighted by Crippen LogP contribution is 2.48.